The molecule has 9 heteroatoms. The molecule has 2 aliphatic heterocycles. The molecule has 0 unspecified atom stereocenters. The molecule has 0 radical (unpaired) electrons. The van der Waals surface area contributed by atoms with E-state index in [9.17, 15) is 18.8 Å². The van der Waals surface area contributed by atoms with E-state index in [0.717, 1.165) is 10.6 Å². The number of hydroxylamine groups is 2. The molecule has 3 atom stereocenters. The molecule has 2 bridgehead atoms. The first-order valence-corrected chi connectivity index (χ1v) is 7.35. The monoisotopic (exact) mass is 329 g/mol. The maximum absolute atomic E-state index is 13.7. The van der Waals surface area contributed by atoms with Gasteiger partial charge in [-0.2, -0.15) is 5.06 Å². The number of amides is 3. The Balaban J connectivity index is 2.06. The molecule has 0 aromatic heterocycles. The number of nitrogens with one attached hydrogen (secondary N) is 1. The van der Waals surface area contributed by atoms with Gasteiger partial charge in [-0.15, -0.1) is 0 Å². The second-order valence-electron chi connectivity index (χ2n) is 5.37. The highest BCUT2D eigenvalue weighted by Crippen LogP contribution is 2.29. The minimum absolute atomic E-state index is 0.0178. The first-order chi connectivity index (χ1) is 10.8. The zero-order valence-electron chi connectivity index (χ0n) is 13.2. The van der Waals surface area contributed by atoms with Crippen LogP contribution in [0.3, 0.4) is 0 Å². The molecule has 1 saturated heterocycles. The maximum Gasteiger partial charge on any atom is 0.370 e. The molecule has 1 fully saturated rings. The van der Waals surface area contributed by atoms with Crippen molar-refractivity contribution in [3.05, 3.63) is 11.6 Å². The number of esters is 1. The van der Waals surface area contributed by atoms with Crippen LogP contribution in [0.15, 0.2) is 11.6 Å². The van der Waals surface area contributed by atoms with Crippen LogP contribution in [0.1, 0.15) is 20.8 Å². The number of fused-ring (bicyclic) bond motifs is 2. The van der Waals surface area contributed by atoms with E-state index in [4.69, 9.17) is 4.84 Å². The van der Waals surface area contributed by atoms with Gasteiger partial charge in [-0.1, -0.05) is 11.6 Å². The highest BCUT2D eigenvalue weighted by Gasteiger charge is 2.46. The molecule has 0 aliphatic carbocycles. The SMILES string of the molecule is CCOC(=O)[C@H](F)ON1C(=O)N2C[C@@H]1C=C(C)[C@H]2CNC(C)=O. The van der Waals surface area contributed by atoms with Crippen LogP contribution in [-0.2, 0) is 19.2 Å². The quantitative estimate of drug-likeness (QED) is 0.561. The highest BCUT2D eigenvalue weighted by atomic mass is 19.1. The van der Waals surface area contributed by atoms with Gasteiger partial charge in [0.25, 0.3) is 0 Å². The third kappa shape index (κ3) is 3.61. The second kappa shape index (κ2) is 6.95. The van der Waals surface area contributed by atoms with Gasteiger partial charge in [-0.25, -0.2) is 18.8 Å². The average Bonchev–Trinajstić information content (AvgIpc) is 2.72. The lowest BCUT2D eigenvalue weighted by atomic mass is 10.0. The Morgan fingerprint density at radius 2 is 2.22 bits per heavy atom. The van der Waals surface area contributed by atoms with E-state index in [1.54, 1.807) is 13.0 Å². The summed E-state index contributed by atoms with van der Waals surface area (Å²) < 4.78 is 18.2. The lowest BCUT2D eigenvalue weighted by Crippen LogP contribution is -2.47. The largest absolute Gasteiger partial charge is 0.462 e. The number of ether oxygens (including phenoxy) is 1. The molecular weight excluding hydrogens is 309 g/mol. The molecule has 0 aromatic rings. The minimum atomic E-state index is -2.36. The Morgan fingerprint density at radius 3 is 2.83 bits per heavy atom. The number of carbonyl (C=O) groups is 3. The topological polar surface area (TPSA) is 88.2 Å². The predicted octanol–water partition coefficient (Wildman–Crippen LogP) is 0.347. The van der Waals surface area contributed by atoms with Crippen LogP contribution < -0.4 is 5.32 Å². The summed E-state index contributed by atoms with van der Waals surface area (Å²) in [5, 5.41) is 3.50. The molecule has 0 aromatic carbocycles. The number of nitrogens with zero attached hydrogens (tertiary/aromatic N) is 2. The summed E-state index contributed by atoms with van der Waals surface area (Å²) in [6, 6.07) is -1.36. The van der Waals surface area contributed by atoms with Gasteiger partial charge in [-0.05, 0) is 13.8 Å². The molecule has 8 nitrogen and oxygen atoms in total. The Bertz CT molecular complexity index is 539. The van der Waals surface area contributed by atoms with Gasteiger partial charge < -0.3 is 15.0 Å². The third-order valence-corrected chi connectivity index (χ3v) is 3.70. The molecule has 1 N–H and O–H groups in total. The van der Waals surface area contributed by atoms with Crippen molar-refractivity contribution in [3.63, 3.8) is 0 Å². The Kier molecular flexibility index (Phi) is 5.19. The van der Waals surface area contributed by atoms with E-state index in [0.29, 0.717) is 6.54 Å². The maximum atomic E-state index is 13.7. The number of halogens is 1. The van der Waals surface area contributed by atoms with Crippen LogP contribution in [-0.4, -0.2) is 66.0 Å². The van der Waals surface area contributed by atoms with E-state index >= 15 is 0 Å². The van der Waals surface area contributed by atoms with Crippen LogP contribution in [0.5, 0.6) is 0 Å². The van der Waals surface area contributed by atoms with Crippen LogP contribution >= 0.6 is 0 Å². The van der Waals surface area contributed by atoms with Gasteiger partial charge in [0.15, 0.2) is 0 Å². The van der Waals surface area contributed by atoms with Crippen molar-refractivity contribution < 1.29 is 28.3 Å². The fourth-order valence-electron chi connectivity index (χ4n) is 2.65. The fraction of sp³-hybridized carbons (Fsp3) is 0.643. The van der Waals surface area contributed by atoms with Gasteiger partial charge in [0.05, 0.1) is 18.7 Å². The number of alkyl halides is 1. The van der Waals surface area contributed by atoms with Crippen LogP contribution in [0, 0.1) is 0 Å². The van der Waals surface area contributed by atoms with Gasteiger partial charge in [-0.3, -0.25) is 4.79 Å². The van der Waals surface area contributed by atoms with Crippen molar-refractivity contribution in [1.29, 1.82) is 0 Å². The summed E-state index contributed by atoms with van der Waals surface area (Å²) in [4.78, 5) is 41.0. The van der Waals surface area contributed by atoms with Crippen molar-refractivity contribution in [3.8, 4) is 0 Å². The van der Waals surface area contributed by atoms with Crippen LogP contribution in [0.4, 0.5) is 9.18 Å². The Labute approximate surface area is 133 Å². The summed E-state index contributed by atoms with van der Waals surface area (Å²) in [5.74, 6) is -1.38. The molecular formula is C14H20FN3O5. The zero-order chi connectivity index (χ0) is 17.1. The summed E-state index contributed by atoms with van der Waals surface area (Å²) in [7, 11) is 0. The number of hydrogen-bond acceptors (Lipinski definition) is 5. The highest BCUT2D eigenvalue weighted by molar-refractivity contribution is 5.79. The number of rotatable bonds is 6. The Morgan fingerprint density at radius 1 is 1.52 bits per heavy atom. The van der Waals surface area contributed by atoms with Gasteiger partial charge in [0.2, 0.25) is 5.91 Å². The van der Waals surface area contributed by atoms with Crippen LogP contribution in [0.2, 0.25) is 0 Å². The van der Waals surface area contributed by atoms with Crippen molar-refractivity contribution >= 4 is 17.9 Å². The molecule has 2 heterocycles. The zero-order valence-corrected chi connectivity index (χ0v) is 13.2. The van der Waals surface area contributed by atoms with Gasteiger partial charge in [0.1, 0.15) is 0 Å². The first kappa shape index (κ1) is 17.2. The second-order valence-corrected chi connectivity index (χ2v) is 5.37. The molecule has 23 heavy (non-hydrogen) atoms. The number of urea groups is 1. The molecule has 0 saturated carbocycles. The summed E-state index contributed by atoms with van der Waals surface area (Å²) in [6.45, 7) is 5.34. The summed E-state index contributed by atoms with van der Waals surface area (Å²) in [5.41, 5.74) is 0.862. The van der Waals surface area contributed by atoms with E-state index in [1.165, 1.54) is 11.8 Å². The molecule has 128 valence electrons. The molecule has 3 amide bonds. The van der Waals surface area contributed by atoms with E-state index in [2.05, 4.69) is 10.1 Å². The van der Waals surface area contributed by atoms with E-state index in [1.807, 2.05) is 6.92 Å². The lowest BCUT2D eigenvalue weighted by molar-refractivity contribution is -0.223. The van der Waals surface area contributed by atoms with E-state index in [-0.39, 0.29) is 25.1 Å². The average molecular weight is 329 g/mol. The van der Waals surface area contributed by atoms with Gasteiger partial charge in [0, 0.05) is 20.0 Å². The molecule has 2 rings (SSSR count). The standard InChI is InChI=1S/C14H20FN3O5/c1-4-22-13(20)12(15)23-18-10-5-8(2)11(6-16-9(3)19)17(7-10)14(18)21/h5,10-12H,4,6-7H2,1-3H3,(H,16,19)/t10-,11+,12+/m0/s1. The lowest BCUT2D eigenvalue weighted by Gasteiger charge is -2.30. The number of hydrogen-bond donors (Lipinski definition) is 1. The number of carbonyl (C=O) groups excluding carboxylic acids is 3. The van der Waals surface area contributed by atoms with Gasteiger partial charge >= 0.3 is 18.4 Å². The minimum Gasteiger partial charge on any atom is -0.462 e. The van der Waals surface area contributed by atoms with E-state index < -0.39 is 24.4 Å². The Hall–Kier alpha value is -2.16. The normalized spacial score (nSPS) is 24.3. The first-order valence-electron chi connectivity index (χ1n) is 7.35. The third-order valence-electron chi connectivity index (χ3n) is 3.70. The van der Waals surface area contributed by atoms with Crippen molar-refractivity contribution in [2.75, 3.05) is 19.7 Å². The summed E-state index contributed by atoms with van der Waals surface area (Å²) in [6.07, 6.45) is -0.590. The van der Waals surface area contributed by atoms with Crippen molar-refractivity contribution in [1.82, 2.24) is 15.3 Å². The summed E-state index contributed by atoms with van der Waals surface area (Å²) >= 11 is 0. The fourth-order valence-corrected chi connectivity index (χ4v) is 2.65. The van der Waals surface area contributed by atoms with Crippen molar-refractivity contribution in [2.45, 2.75) is 39.2 Å². The molecule has 0 spiro atoms. The van der Waals surface area contributed by atoms with Crippen LogP contribution in [0.25, 0.3) is 0 Å². The smallest absolute Gasteiger partial charge is 0.370 e. The molecule has 2 aliphatic rings. The predicted molar refractivity (Wildman–Crippen MR) is 76.6 cm³/mol. The van der Waals surface area contributed by atoms with Crippen molar-refractivity contribution in [2.24, 2.45) is 0 Å².